The van der Waals surface area contributed by atoms with Crippen molar-refractivity contribution in [3.63, 3.8) is 0 Å². The third kappa shape index (κ3) is 4.11. The van der Waals surface area contributed by atoms with Gasteiger partial charge in [0, 0.05) is 12.3 Å². The minimum absolute atomic E-state index is 0.345. The average molecular weight is 324 g/mol. The number of aromatic nitrogens is 1. The molecule has 0 spiro atoms. The highest BCUT2D eigenvalue weighted by Gasteiger charge is 2.06. The number of aromatic amines is 1. The van der Waals surface area contributed by atoms with Gasteiger partial charge in [0.1, 0.15) is 5.69 Å². The standard InChI is InChI=1S/C14H11Cl2N3O2/c15-10-4-1-3-9(13(10)16)6-7-12(20)18-19-14(21)11-5-2-8-17-11/h1-8,17H,(H,18,20)(H,19,21)/b7-6+. The number of rotatable bonds is 3. The molecule has 5 nitrogen and oxygen atoms in total. The smallest absolute Gasteiger partial charge is 0.286 e. The highest BCUT2D eigenvalue weighted by molar-refractivity contribution is 6.42. The van der Waals surface area contributed by atoms with E-state index in [1.165, 1.54) is 12.2 Å². The molecular weight excluding hydrogens is 313 g/mol. The number of hydrogen-bond acceptors (Lipinski definition) is 2. The summed E-state index contributed by atoms with van der Waals surface area (Å²) in [5.74, 6) is -0.937. The Labute approximate surface area is 130 Å². The topological polar surface area (TPSA) is 74.0 Å². The molecule has 0 radical (unpaired) electrons. The number of halogens is 2. The first-order valence-electron chi connectivity index (χ1n) is 5.93. The van der Waals surface area contributed by atoms with Crippen molar-refractivity contribution in [3.05, 3.63) is 63.9 Å². The molecule has 0 fully saturated rings. The molecule has 21 heavy (non-hydrogen) atoms. The second kappa shape index (κ2) is 6.97. The van der Waals surface area contributed by atoms with Gasteiger partial charge in [0.2, 0.25) is 0 Å². The first-order valence-corrected chi connectivity index (χ1v) is 6.69. The summed E-state index contributed by atoms with van der Waals surface area (Å²) in [6.07, 6.45) is 4.36. The Kier molecular flexibility index (Phi) is 5.03. The summed E-state index contributed by atoms with van der Waals surface area (Å²) in [6.45, 7) is 0. The quantitative estimate of drug-likeness (QED) is 0.600. The molecule has 0 bridgehead atoms. The van der Waals surface area contributed by atoms with Gasteiger partial charge in [-0.25, -0.2) is 0 Å². The third-order valence-electron chi connectivity index (χ3n) is 2.54. The van der Waals surface area contributed by atoms with E-state index in [2.05, 4.69) is 15.8 Å². The van der Waals surface area contributed by atoms with Crippen molar-refractivity contribution in [2.45, 2.75) is 0 Å². The second-order valence-electron chi connectivity index (χ2n) is 4.00. The van der Waals surface area contributed by atoms with Crippen LogP contribution in [-0.4, -0.2) is 16.8 Å². The Balaban J connectivity index is 1.91. The van der Waals surface area contributed by atoms with Crippen LogP contribution in [0.3, 0.4) is 0 Å². The summed E-state index contributed by atoms with van der Waals surface area (Å²) in [5.41, 5.74) is 5.47. The van der Waals surface area contributed by atoms with Gasteiger partial charge < -0.3 is 4.98 Å². The molecule has 108 valence electrons. The van der Waals surface area contributed by atoms with Crippen LogP contribution in [0, 0.1) is 0 Å². The number of hydrazine groups is 1. The van der Waals surface area contributed by atoms with E-state index in [4.69, 9.17) is 23.2 Å². The van der Waals surface area contributed by atoms with Crippen LogP contribution in [0.5, 0.6) is 0 Å². The van der Waals surface area contributed by atoms with Crippen LogP contribution in [0.15, 0.2) is 42.6 Å². The van der Waals surface area contributed by atoms with Crippen molar-refractivity contribution in [2.24, 2.45) is 0 Å². The van der Waals surface area contributed by atoms with Gasteiger partial charge in [0.25, 0.3) is 11.8 Å². The fraction of sp³-hybridized carbons (Fsp3) is 0. The van der Waals surface area contributed by atoms with E-state index in [-0.39, 0.29) is 0 Å². The van der Waals surface area contributed by atoms with Crippen LogP contribution >= 0.6 is 23.2 Å². The number of carbonyl (C=O) groups is 2. The van der Waals surface area contributed by atoms with Crippen LogP contribution < -0.4 is 10.9 Å². The molecule has 0 saturated carbocycles. The van der Waals surface area contributed by atoms with Gasteiger partial charge in [-0.05, 0) is 29.8 Å². The molecule has 2 rings (SSSR count). The lowest BCUT2D eigenvalue weighted by atomic mass is 10.2. The molecule has 0 aliphatic rings. The lowest BCUT2D eigenvalue weighted by Crippen LogP contribution is -2.40. The zero-order valence-corrected chi connectivity index (χ0v) is 12.2. The van der Waals surface area contributed by atoms with Crippen molar-refractivity contribution in [2.75, 3.05) is 0 Å². The molecule has 1 aromatic carbocycles. The molecule has 1 heterocycles. The third-order valence-corrected chi connectivity index (χ3v) is 3.37. The van der Waals surface area contributed by atoms with Crippen LogP contribution in [0.25, 0.3) is 6.08 Å². The molecule has 1 aromatic heterocycles. The number of H-pyrrole nitrogens is 1. The van der Waals surface area contributed by atoms with Crippen molar-refractivity contribution in [1.82, 2.24) is 15.8 Å². The maximum Gasteiger partial charge on any atom is 0.286 e. The first kappa shape index (κ1) is 15.2. The van der Waals surface area contributed by atoms with E-state index in [0.29, 0.717) is 21.3 Å². The lowest BCUT2D eigenvalue weighted by molar-refractivity contribution is -0.117. The van der Waals surface area contributed by atoms with Crippen LogP contribution in [-0.2, 0) is 4.79 Å². The highest BCUT2D eigenvalue weighted by Crippen LogP contribution is 2.26. The van der Waals surface area contributed by atoms with E-state index >= 15 is 0 Å². The summed E-state index contributed by atoms with van der Waals surface area (Å²) in [5, 5.41) is 0.762. The molecule has 2 aromatic rings. The number of amides is 2. The highest BCUT2D eigenvalue weighted by atomic mass is 35.5. The van der Waals surface area contributed by atoms with Gasteiger partial charge in [-0.1, -0.05) is 35.3 Å². The number of carbonyl (C=O) groups excluding carboxylic acids is 2. The lowest BCUT2D eigenvalue weighted by Gasteiger charge is -2.04. The fourth-order valence-corrected chi connectivity index (χ4v) is 1.88. The summed E-state index contributed by atoms with van der Waals surface area (Å²) in [6, 6.07) is 8.35. The Bertz CT molecular complexity index is 682. The zero-order chi connectivity index (χ0) is 15.2. The van der Waals surface area contributed by atoms with Gasteiger partial charge in [-0.3, -0.25) is 20.4 Å². The predicted octanol–water partition coefficient (Wildman–Crippen LogP) is 2.80. The fourth-order valence-electron chi connectivity index (χ4n) is 1.51. The van der Waals surface area contributed by atoms with Gasteiger partial charge in [-0.2, -0.15) is 0 Å². The Morgan fingerprint density at radius 2 is 1.90 bits per heavy atom. The van der Waals surface area contributed by atoms with E-state index in [1.54, 1.807) is 36.5 Å². The molecule has 2 amide bonds. The van der Waals surface area contributed by atoms with Crippen LogP contribution in [0.4, 0.5) is 0 Å². The largest absolute Gasteiger partial charge is 0.357 e. The molecular formula is C14H11Cl2N3O2. The summed E-state index contributed by atoms with van der Waals surface area (Å²) in [4.78, 5) is 25.9. The minimum atomic E-state index is -0.494. The van der Waals surface area contributed by atoms with Crippen LogP contribution in [0.2, 0.25) is 10.0 Å². The average Bonchev–Trinajstić information content (AvgIpc) is 3.00. The molecule has 0 aliphatic heterocycles. The molecule has 0 atom stereocenters. The van der Waals surface area contributed by atoms with E-state index in [0.717, 1.165) is 0 Å². The van der Waals surface area contributed by atoms with Crippen molar-refractivity contribution in [3.8, 4) is 0 Å². The molecule has 3 N–H and O–H groups in total. The maximum atomic E-state index is 11.6. The van der Waals surface area contributed by atoms with Crippen LogP contribution in [0.1, 0.15) is 16.1 Å². The SMILES string of the molecule is O=C(/C=C/c1cccc(Cl)c1Cl)NNC(=O)c1ccc[nH]1. The Morgan fingerprint density at radius 3 is 2.62 bits per heavy atom. The van der Waals surface area contributed by atoms with E-state index in [1.807, 2.05) is 0 Å². The van der Waals surface area contributed by atoms with Crippen molar-refractivity contribution in [1.29, 1.82) is 0 Å². The normalized spacial score (nSPS) is 10.6. The molecule has 7 heteroatoms. The van der Waals surface area contributed by atoms with Crippen molar-refractivity contribution >= 4 is 41.1 Å². The molecule has 0 unspecified atom stereocenters. The second-order valence-corrected chi connectivity index (χ2v) is 4.79. The van der Waals surface area contributed by atoms with Gasteiger partial charge in [0.05, 0.1) is 10.0 Å². The Hall–Kier alpha value is -2.24. The maximum absolute atomic E-state index is 11.6. The monoisotopic (exact) mass is 323 g/mol. The van der Waals surface area contributed by atoms with E-state index < -0.39 is 11.8 Å². The van der Waals surface area contributed by atoms with Crippen molar-refractivity contribution < 1.29 is 9.59 Å². The van der Waals surface area contributed by atoms with Gasteiger partial charge in [0.15, 0.2) is 0 Å². The molecule has 0 aliphatic carbocycles. The number of nitrogens with one attached hydrogen (secondary N) is 3. The summed E-state index contributed by atoms with van der Waals surface area (Å²) < 4.78 is 0. The number of benzene rings is 1. The molecule has 0 saturated heterocycles. The Morgan fingerprint density at radius 1 is 1.10 bits per heavy atom. The zero-order valence-electron chi connectivity index (χ0n) is 10.7. The number of hydrogen-bond donors (Lipinski definition) is 3. The van der Waals surface area contributed by atoms with Gasteiger partial charge in [-0.15, -0.1) is 0 Å². The van der Waals surface area contributed by atoms with Gasteiger partial charge >= 0.3 is 0 Å². The summed E-state index contributed by atoms with van der Waals surface area (Å²) in [7, 11) is 0. The first-order chi connectivity index (χ1) is 10.1. The van der Waals surface area contributed by atoms with E-state index in [9.17, 15) is 9.59 Å². The summed E-state index contributed by atoms with van der Waals surface area (Å²) >= 11 is 11.8. The predicted molar refractivity (Wildman–Crippen MR) is 81.9 cm³/mol. The minimum Gasteiger partial charge on any atom is -0.357 e.